The number of carbonyl (C=O) groups excluding carboxylic acids is 2. The minimum atomic E-state index is -3.90. The minimum absolute atomic E-state index is 0.00538. The maximum absolute atomic E-state index is 14.1. The number of carbonyl (C=O) groups is 2. The van der Waals surface area contributed by atoms with E-state index in [1.54, 1.807) is 37.3 Å². The molecule has 7 nitrogen and oxygen atoms in total. The largest absolute Gasteiger partial charge is 0.354 e. The average Bonchev–Trinajstić information content (AvgIpc) is 2.91. The number of benzene rings is 3. The first kappa shape index (κ1) is 32.7. The molecule has 0 bridgehead atoms. The number of aryl methyl sites for hydroxylation is 1. The summed E-state index contributed by atoms with van der Waals surface area (Å²) in [7, 11) is -3.90. The van der Waals surface area contributed by atoms with E-state index in [0.29, 0.717) is 27.2 Å². The molecule has 3 aromatic rings. The molecule has 2 amide bonds. The van der Waals surface area contributed by atoms with Crippen molar-refractivity contribution in [2.45, 2.75) is 39.8 Å². The summed E-state index contributed by atoms with van der Waals surface area (Å²) < 4.78 is 26.8. The first-order valence-corrected chi connectivity index (χ1v) is 16.0. The summed E-state index contributed by atoms with van der Waals surface area (Å²) >= 11 is 18.7. The Morgan fingerprint density at radius 1 is 0.878 bits per heavy atom. The fourth-order valence-corrected chi connectivity index (χ4v) is 5.50. The molecule has 1 unspecified atom stereocenters. The lowest BCUT2D eigenvalue weighted by Crippen LogP contribution is -2.53. The first-order valence-electron chi connectivity index (χ1n) is 13.0. The Morgan fingerprint density at radius 2 is 1.56 bits per heavy atom. The second-order valence-electron chi connectivity index (χ2n) is 10.3. The van der Waals surface area contributed by atoms with E-state index < -0.39 is 28.5 Å². The van der Waals surface area contributed by atoms with E-state index in [1.165, 1.54) is 11.0 Å². The van der Waals surface area contributed by atoms with Crippen LogP contribution >= 0.6 is 34.8 Å². The molecule has 0 radical (unpaired) electrons. The molecule has 0 aliphatic carbocycles. The molecule has 1 atom stereocenters. The molecule has 0 fully saturated rings. The molecular weight excluding hydrogens is 605 g/mol. The van der Waals surface area contributed by atoms with Crippen LogP contribution in [0.15, 0.2) is 66.7 Å². The van der Waals surface area contributed by atoms with Crippen molar-refractivity contribution in [1.29, 1.82) is 0 Å². The predicted molar refractivity (Wildman–Crippen MR) is 167 cm³/mol. The van der Waals surface area contributed by atoms with Crippen molar-refractivity contribution < 1.29 is 18.0 Å². The Bertz CT molecular complexity index is 1480. The number of anilines is 1. The summed E-state index contributed by atoms with van der Waals surface area (Å²) in [5.74, 6) is -0.735. The van der Waals surface area contributed by atoms with Gasteiger partial charge in [0.2, 0.25) is 21.8 Å². The van der Waals surface area contributed by atoms with Gasteiger partial charge in [-0.2, -0.15) is 0 Å². The van der Waals surface area contributed by atoms with Gasteiger partial charge < -0.3 is 10.2 Å². The van der Waals surface area contributed by atoms with Gasteiger partial charge in [-0.3, -0.25) is 13.9 Å². The van der Waals surface area contributed by atoms with E-state index >= 15 is 0 Å². The highest BCUT2D eigenvalue weighted by molar-refractivity contribution is 7.92. The number of nitrogens with one attached hydrogen (secondary N) is 1. The number of rotatable bonds is 12. The van der Waals surface area contributed by atoms with Crippen LogP contribution in [0.3, 0.4) is 0 Å². The number of hydrogen-bond donors (Lipinski definition) is 1. The normalized spacial score (nSPS) is 12.2. The van der Waals surface area contributed by atoms with Gasteiger partial charge in [-0.05, 0) is 53.8 Å². The zero-order valence-electron chi connectivity index (χ0n) is 23.4. The van der Waals surface area contributed by atoms with E-state index in [4.69, 9.17) is 34.8 Å². The van der Waals surface area contributed by atoms with E-state index in [1.807, 2.05) is 44.2 Å². The van der Waals surface area contributed by atoms with Crippen LogP contribution in [0.4, 0.5) is 5.69 Å². The van der Waals surface area contributed by atoms with Crippen molar-refractivity contribution in [3.8, 4) is 0 Å². The van der Waals surface area contributed by atoms with E-state index in [2.05, 4.69) is 5.32 Å². The smallest absolute Gasteiger partial charge is 0.244 e. The Morgan fingerprint density at radius 3 is 2.15 bits per heavy atom. The van der Waals surface area contributed by atoms with Gasteiger partial charge in [0.15, 0.2) is 0 Å². The SMILES string of the molecule is Cc1ccc(N(CC(=O)N(Cc2ccc(Cl)c(Cl)c2)C(Cc2ccccc2)C(=O)NCC(C)C)S(C)(=O)=O)cc1Cl. The number of amides is 2. The third-order valence-electron chi connectivity index (χ3n) is 6.42. The van der Waals surface area contributed by atoms with Crippen LogP contribution in [0.1, 0.15) is 30.5 Å². The summed E-state index contributed by atoms with van der Waals surface area (Å²) in [5.41, 5.74) is 2.48. The van der Waals surface area contributed by atoms with Crippen molar-refractivity contribution in [3.05, 3.63) is 98.5 Å². The topological polar surface area (TPSA) is 86.8 Å². The van der Waals surface area contributed by atoms with Gasteiger partial charge in [0.1, 0.15) is 12.6 Å². The van der Waals surface area contributed by atoms with Crippen molar-refractivity contribution in [1.82, 2.24) is 10.2 Å². The quantitative estimate of drug-likeness (QED) is 0.259. The van der Waals surface area contributed by atoms with Crippen LogP contribution in [-0.2, 0) is 32.6 Å². The van der Waals surface area contributed by atoms with Gasteiger partial charge in [-0.25, -0.2) is 8.42 Å². The Balaban J connectivity index is 2.07. The fourth-order valence-electron chi connectivity index (χ4n) is 4.16. The minimum Gasteiger partial charge on any atom is -0.354 e. The molecule has 0 heterocycles. The lowest BCUT2D eigenvalue weighted by molar-refractivity contribution is -0.140. The highest BCUT2D eigenvalue weighted by Crippen LogP contribution is 2.27. The molecule has 0 spiro atoms. The summed E-state index contributed by atoms with van der Waals surface area (Å²) in [4.78, 5) is 29.1. The first-order chi connectivity index (χ1) is 19.3. The standard InChI is InChI=1S/C30H34Cl3N3O4S/c1-20(2)17-34-30(38)28(15-22-8-6-5-7-9-22)35(18-23-11-13-25(31)27(33)14-23)29(37)19-36(41(4,39)40)24-12-10-21(3)26(32)16-24/h5-14,16,20,28H,15,17-19H2,1-4H3,(H,34,38). The molecule has 220 valence electrons. The van der Waals surface area contributed by atoms with Crippen LogP contribution in [0.2, 0.25) is 15.1 Å². The van der Waals surface area contributed by atoms with Crippen LogP contribution in [0, 0.1) is 12.8 Å². The molecule has 3 aromatic carbocycles. The molecule has 0 aromatic heterocycles. The maximum atomic E-state index is 14.1. The molecule has 0 saturated heterocycles. The third-order valence-corrected chi connectivity index (χ3v) is 8.70. The highest BCUT2D eigenvalue weighted by atomic mass is 35.5. The molecule has 0 aliphatic heterocycles. The van der Waals surface area contributed by atoms with E-state index in [0.717, 1.165) is 21.7 Å². The molecule has 0 aliphatic rings. The molecule has 0 saturated carbocycles. The lowest BCUT2D eigenvalue weighted by atomic mass is 10.0. The summed E-state index contributed by atoms with van der Waals surface area (Å²) in [6.07, 6.45) is 1.24. The van der Waals surface area contributed by atoms with Crippen molar-refractivity contribution in [2.75, 3.05) is 23.7 Å². The van der Waals surface area contributed by atoms with Gasteiger partial charge in [0.05, 0.1) is 22.0 Å². The second kappa shape index (κ2) is 14.4. The van der Waals surface area contributed by atoms with Crippen molar-refractivity contribution in [2.24, 2.45) is 5.92 Å². The zero-order valence-corrected chi connectivity index (χ0v) is 26.5. The summed E-state index contributed by atoms with van der Waals surface area (Å²) in [6.45, 7) is 5.61. The Labute approximate surface area is 257 Å². The zero-order chi connectivity index (χ0) is 30.3. The summed E-state index contributed by atoms with van der Waals surface area (Å²) in [5, 5.41) is 3.96. The molecular formula is C30H34Cl3N3O4S. The second-order valence-corrected chi connectivity index (χ2v) is 13.4. The Hall–Kier alpha value is -2.78. The van der Waals surface area contributed by atoms with Crippen LogP contribution in [0.5, 0.6) is 0 Å². The Kier molecular flexibility index (Phi) is 11.5. The van der Waals surface area contributed by atoms with Crippen LogP contribution < -0.4 is 9.62 Å². The highest BCUT2D eigenvalue weighted by Gasteiger charge is 2.33. The number of sulfonamides is 1. The van der Waals surface area contributed by atoms with E-state index in [9.17, 15) is 18.0 Å². The average molecular weight is 639 g/mol. The number of halogens is 3. The van der Waals surface area contributed by atoms with Crippen molar-refractivity contribution >= 4 is 62.3 Å². The third kappa shape index (κ3) is 9.36. The lowest BCUT2D eigenvalue weighted by Gasteiger charge is -2.33. The molecule has 3 rings (SSSR count). The van der Waals surface area contributed by atoms with Gasteiger partial charge in [0.25, 0.3) is 0 Å². The number of nitrogens with zero attached hydrogens (tertiary/aromatic N) is 2. The van der Waals surface area contributed by atoms with Gasteiger partial charge >= 0.3 is 0 Å². The summed E-state index contributed by atoms with van der Waals surface area (Å²) in [6, 6.07) is 18.1. The molecule has 41 heavy (non-hydrogen) atoms. The maximum Gasteiger partial charge on any atom is 0.244 e. The molecule has 11 heteroatoms. The molecule has 1 N–H and O–H groups in total. The van der Waals surface area contributed by atoms with Gasteiger partial charge in [-0.15, -0.1) is 0 Å². The monoisotopic (exact) mass is 637 g/mol. The van der Waals surface area contributed by atoms with Crippen LogP contribution in [-0.4, -0.2) is 50.5 Å². The van der Waals surface area contributed by atoms with Crippen molar-refractivity contribution in [3.63, 3.8) is 0 Å². The predicted octanol–water partition coefficient (Wildman–Crippen LogP) is 6.13. The fraction of sp³-hybridized carbons (Fsp3) is 0.333. The number of hydrogen-bond acceptors (Lipinski definition) is 4. The van der Waals surface area contributed by atoms with E-state index in [-0.39, 0.29) is 30.5 Å². The van der Waals surface area contributed by atoms with Gasteiger partial charge in [0, 0.05) is 24.5 Å². The van der Waals surface area contributed by atoms with Crippen LogP contribution in [0.25, 0.3) is 0 Å². The van der Waals surface area contributed by atoms with Gasteiger partial charge in [-0.1, -0.05) is 91.1 Å².